The highest BCUT2D eigenvalue weighted by molar-refractivity contribution is 6.30. The van der Waals surface area contributed by atoms with E-state index < -0.39 is 0 Å². The fraction of sp³-hybridized carbons (Fsp3) is 0.250. The minimum absolute atomic E-state index is 0.139. The number of aromatic nitrogens is 4. The minimum atomic E-state index is -0.388. The Labute approximate surface area is 201 Å². The lowest BCUT2D eigenvalue weighted by molar-refractivity contribution is 0.101. The van der Waals surface area contributed by atoms with Gasteiger partial charge in [-0.25, -0.2) is 9.37 Å². The van der Waals surface area contributed by atoms with Gasteiger partial charge in [0, 0.05) is 42.6 Å². The van der Waals surface area contributed by atoms with Crippen molar-refractivity contribution in [2.75, 3.05) is 35.8 Å². The molecule has 0 saturated carbocycles. The van der Waals surface area contributed by atoms with Crippen LogP contribution in [-0.4, -0.2) is 46.1 Å². The number of benzene rings is 2. The average Bonchev–Trinajstić information content (AvgIpc) is 3.48. The van der Waals surface area contributed by atoms with Crippen LogP contribution in [0, 0.1) is 5.82 Å². The molecule has 1 N–H and O–H groups in total. The van der Waals surface area contributed by atoms with Gasteiger partial charge in [0.25, 0.3) is 5.91 Å². The van der Waals surface area contributed by atoms with Crippen molar-refractivity contribution in [2.24, 2.45) is 0 Å². The molecule has 0 unspecified atom stereocenters. The molecule has 2 aromatic carbocycles. The third kappa shape index (κ3) is 4.14. The van der Waals surface area contributed by atoms with E-state index in [1.54, 1.807) is 28.9 Å². The molecule has 3 heterocycles. The van der Waals surface area contributed by atoms with E-state index in [-0.39, 0.29) is 23.6 Å². The standard InChI is InChI=1S/C24H23ClFN7O/c1-31(2)17-8-6-16(7-9-17)28-24(34)23-30-29-21-13-27-22(14-33(21)23)32-11-3-4-20(32)18-12-15(25)5-10-19(18)26/h5-10,12-14,20H,3-4,11H2,1-2H3,(H,28,34)/t20-/m1/s1. The van der Waals surface area contributed by atoms with Crippen LogP contribution in [0.1, 0.15) is 35.1 Å². The number of rotatable bonds is 5. The van der Waals surface area contributed by atoms with E-state index in [0.29, 0.717) is 34.3 Å². The number of hydrogen-bond acceptors (Lipinski definition) is 6. The second-order valence-electron chi connectivity index (χ2n) is 8.41. The topological polar surface area (TPSA) is 78.7 Å². The molecule has 1 fully saturated rings. The van der Waals surface area contributed by atoms with Gasteiger partial charge in [0.2, 0.25) is 5.82 Å². The summed E-state index contributed by atoms with van der Waals surface area (Å²) < 4.78 is 16.2. The van der Waals surface area contributed by atoms with Gasteiger partial charge < -0.3 is 15.1 Å². The predicted molar refractivity (Wildman–Crippen MR) is 130 cm³/mol. The number of hydrogen-bond donors (Lipinski definition) is 1. The maximum Gasteiger partial charge on any atom is 0.293 e. The molecule has 1 amide bonds. The van der Waals surface area contributed by atoms with Gasteiger partial charge in [0.15, 0.2) is 5.65 Å². The number of carbonyl (C=O) groups excluding carboxylic acids is 1. The Hall–Kier alpha value is -3.72. The van der Waals surface area contributed by atoms with Gasteiger partial charge in [0.1, 0.15) is 11.6 Å². The summed E-state index contributed by atoms with van der Waals surface area (Å²) in [5.41, 5.74) is 2.66. The number of amides is 1. The Bertz CT molecular complexity index is 1360. The fourth-order valence-corrected chi connectivity index (χ4v) is 4.44. The van der Waals surface area contributed by atoms with Crippen molar-refractivity contribution in [3.05, 3.63) is 77.1 Å². The van der Waals surface area contributed by atoms with Crippen LogP contribution in [-0.2, 0) is 0 Å². The number of fused-ring (bicyclic) bond motifs is 1. The van der Waals surface area contributed by atoms with Crippen molar-refractivity contribution in [3.8, 4) is 0 Å². The summed E-state index contributed by atoms with van der Waals surface area (Å²) in [7, 11) is 3.90. The van der Waals surface area contributed by atoms with E-state index in [2.05, 4.69) is 20.5 Å². The molecule has 10 heteroatoms. The summed E-state index contributed by atoms with van der Waals surface area (Å²) in [4.78, 5) is 21.5. The normalized spacial score (nSPS) is 15.6. The zero-order valence-electron chi connectivity index (χ0n) is 18.7. The minimum Gasteiger partial charge on any atom is -0.378 e. The van der Waals surface area contributed by atoms with Crippen molar-refractivity contribution in [3.63, 3.8) is 0 Å². The summed E-state index contributed by atoms with van der Waals surface area (Å²) in [6, 6.07) is 11.9. The average molecular weight is 480 g/mol. The molecule has 0 spiro atoms. The summed E-state index contributed by atoms with van der Waals surface area (Å²) in [6.45, 7) is 0.705. The van der Waals surface area contributed by atoms with Crippen molar-refractivity contribution in [1.29, 1.82) is 0 Å². The van der Waals surface area contributed by atoms with E-state index >= 15 is 0 Å². The van der Waals surface area contributed by atoms with E-state index in [4.69, 9.17) is 11.6 Å². The van der Waals surface area contributed by atoms with Crippen LogP contribution in [0.4, 0.5) is 21.6 Å². The number of nitrogens with zero attached hydrogens (tertiary/aromatic N) is 6. The highest BCUT2D eigenvalue weighted by Crippen LogP contribution is 2.37. The first-order valence-corrected chi connectivity index (χ1v) is 11.3. The lowest BCUT2D eigenvalue weighted by Gasteiger charge is -2.26. The summed E-state index contributed by atoms with van der Waals surface area (Å²) >= 11 is 6.13. The van der Waals surface area contributed by atoms with Gasteiger partial charge in [-0.05, 0) is 55.3 Å². The molecule has 5 rings (SSSR count). The second-order valence-corrected chi connectivity index (χ2v) is 8.85. The van der Waals surface area contributed by atoms with Crippen LogP contribution in [0.5, 0.6) is 0 Å². The molecule has 0 radical (unpaired) electrons. The maximum absolute atomic E-state index is 14.6. The quantitative estimate of drug-likeness (QED) is 0.451. The van der Waals surface area contributed by atoms with E-state index in [1.807, 2.05) is 48.2 Å². The van der Waals surface area contributed by atoms with E-state index in [0.717, 1.165) is 18.5 Å². The number of carbonyl (C=O) groups is 1. The number of halogens is 2. The molecule has 0 bridgehead atoms. The lowest BCUT2D eigenvalue weighted by atomic mass is 10.0. The summed E-state index contributed by atoms with van der Waals surface area (Å²) in [5, 5.41) is 11.5. The molecule has 1 aliphatic heterocycles. The van der Waals surface area contributed by atoms with Crippen LogP contribution < -0.4 is 15.1 Å². The first kappa shape index (κ1) is 22.1. The SMILES string of the molecule is CN(C)c1ccc(NC(=O)c2nnc3cnc(N4CCC[C@@H]4c4cc(Cl)ccc4F)cn23)cc1. The maximum atomic E-state index is 14.6. The van der Waals surface area contributed by atoms with E-state index in [9.17, 15) is 9.18 Å². The molecule has 8 nitrogen and oxygen atoms in total. The van der Waals surface area contributed by atoms with Gasteiger partial charge >= 0.3 is 0 Å². The zero-order chi connectivity index (χ0) is 23.8. The Balaban J connectivity index is 1.43. The fourth-order valence-electron chi connectivity index (χ4n) is 4.26. The Kier molecular flexibility index (Phi) is 5.79. The van der Waals surface area contributed by atoms with Gasteiger partial charge in [-0.1, -0.05) is 11.6 Å². The highest BCUT2D eigenvalue weighted by Gasteiger charge is 2.30. The molecule has 174 valence electrons. The monoisotopic (exact) mass is 479 g/mol. The molecular weight excluding hydrogens is 457 g/mol. The van der Waals surface area contributed by atoms with Gasteiger partial charge in [-0.3, -0.25) is 9.20 Å². The van der Waals surface area contributed by atoms with Gasteiger partial charge in [-0.2, -0.15) is 0 Å². The second kappa shape index (κ2) is 8.90. The third-order valence-corrected chi connectivity index (χ3v) is 6.22. The van der Waals surface area contributed by atoms with Crippen LogP contribution >= 0.6 is 11.6 Å². The molecule has 1 atom stereocenters. The zero-order valence-corrected chi connectivity index (χ0v) is 19.5. The molecule has 4 aromatic rings. The smallest absolute Gasteiger partial charge is 0.293 e. The van der Waals surface area contributed by atoms with Crippen molar-refractivity contribution in [1.82, 2.24) is 19.6 Å². The van der Waals surface area contributed by atoms with Gasteiger partial charge in [-0.15, -0.1) is 10.2 Å². The Morgan fingerprint density at radius 3 is 2.74 bits per heavy atom. The van der Waals surface area contributed by atoms with E-state index in [1.165, 1.54) is 6.07 Å². The Morgan fingerprint density at radius 1 is 1.18 bits per heavy atom. The molecule has 0 aliphatic carbocycles. The van der Waals surface area contributed by atoms with Gasteiger partial charge in [0.05, 0.1) is 18.4 Å². The number of nitrogens with one attached hydrogen (secondary N) is 1. The van der Waals surface area contributed by atoms with Crippen molar-refractivity contribution < 1.29 is 9.18 Å². The van der Waals surface area contributed by atoms with Crippen molar-refractivity contribution in [2.45, 2.75) is 18.9 Å². The van der Waals surface area contributed by atoms with Crippen molar-refractivity contribution >= 4 is 40.3 Å². The highest BCUT2D eigenvalue weighted by atomic mass is 35.5. The molecule has 34 heavy (non-hydrogen) atoms. The largest absolute Gasteiger partial charge is 0.378 e. The third-order valence-electron chi connectivity index (χ3n) is 5.99. The van der Waals surface area contributed by atoms with Crippen LogP contribution in [0.2, 0.25) is 5.02 Å². The Morgan fingerprint density at radius 2 is 1.97 bits per heavy atom. The van der Waals surface area contributed by atoms with Crippen LogP contribution in [0.25, 0.3) is 5.65 Å². The number of anilines is 3. The van der Waals surface area contributed by atoms with Crippen LogP contribution in [0.15, 0.2) is 54.9 Å². The van der Waals surface area contributed by atoms with Crippen LogP contribution in [0.3, 0.4) is 0 Å². The first-order valence-electron chi connectivity index (χ1n) is 10.9. The predicted octanol–water partition coefficient (Wildman–Crippen LogP) is 4.58. The summed E-state index contributed by atoms with van der Waals surface area (Å²) in [5.74, 6) is 0.0618. The first-order chi connectivity index (χ1) is 16.4. The summed E-state index contributed by atoms with van der Waals surface area (Å²) in [6.07, 6.45) is 4.94. The molecular formula is C24H23ClFN7O. The molecule has 1 aliphatic rings. The molecule has 1 saturated heterocycles. The molecule has 2 aromatic heterocycles. The lowest BCUT2D eigenvalue weighted by Crippen LogP contribution is -2.25.